The average molecular weight is 327 g/mol. The summed E-state index contributed by atoms with van der Waals surface area (Å²) in [6.07, 6.45) is 0.0240. The highest BCUT2D eigenvalue weighted by Crippen LogP contribution is 2.26. The van der Waals surface area contributed by atoms with Gasteiger partial charge in [0, 0.05) is 0 Å². The third-order valence-corrected chi connectivity index (χ3v) is 3.93. The van der Waals surface area contributed by atoms with Gasteiger partial charge in [0.2, 0.25) is 0 Å². The van der Waals surface area contributed by atoms with Gasteiger partial charge in [-0.3, -0.25) is 4.79 Å². The van der Waals surface area contributed by atoms with E-state index in [1.165, 1.54) is 0 Å². The van der Waals surface area contributed by atoms with Gasteiger partial charge >= 0.3 is 0 Å². The molecular formula is C20H25NO3. The van der Waals surface area contributed by atoms with Crippen LogP contribution >= 0.6 is 0 Å². The van der Waals surface area contributed by atoms with Crippen LogP contribution in [0.3, 0.4) is 0 Å². The molecule has 0 bridgehead atoms. The lowest BCUT2D eigenvalue weighted by molar-refractivity contribution is -0.122. The van der Waals surface area contributed by atoms with Crippen LogP contribution < -0.4 is 14.8 Å². The van der Waals surface area contributed by atoms with Crippen molar-refractivity contribution in [2.24, 2.45) is 0 Å². The zero-order chi connectivity index (χ0) is 17.5. The van der Waals surface area contributed by atoms with Crippen LogP contribution in [0, 0.1) is 13.8 Å². The number of ether oxygens (including phenoxy) is 2. The molecule has 4 heteroatoms. The van der Waals surface area contributed by atoms with Crippen molar-refractivity contribution in [2.45, 2.75) is 40.2 Å². The van der Waals surface area contributed by atoms with Gasteiger partial charge in [-0.05, 0) is 56.5 Å². The van der Waals surface area contributed by atoms with Crippen molar-refractivity contribution in [1.82, 2.24) is 0 Å². The number of hydrogen-bond acceptors (Lipinski definition) is 3. The van der Waals surface area contributed by atoms with Gasteiger partial charge < -0.3 is 14.8 Å². The number of aryl methyl sites for hydroxylation is 1. The van der Waals surface area contributed by atoms with Crippen molar-refractivity contribution < 1.29 is 14.3 Å². The lowest BCUT2D eigenvalue weighted by Gasteiger charge is -2.20. The summed E-state index contributed by atoms with van der Waals surface area (Å²) < 4.78 is 11.5. The fraction of sp³-hybridized carbons (Fsp3) is 0.350. The van der Waals surface area contributed by atoms with E-state index in [2.05, 4.69) is 5.32 Å². The molecule has 24 heavy (non-hydrogen) atoms. The molecule has 1 N–H and O–H groups in total. The smallest absolute Gasteiger partial charge is 0.265 e. The van der Waals surface area contributed by atoms with Crippen LogP contribution in [0.2, 0.25) is 0 Å². The summed E-state index contributed by atoms with van der Waals surface area (Å²) in [5.74, 6) is 1.23. The average Bonchev–Trinajstić information content (AvgIpc) is 2.58. The van der Waals surface area contributed by atoms with Crippen LogP contribution in [0.5, 0.6) is 11.5 Å². The number of benzene rings is 2. The van der Waals surface area contributed by atoms with Crippen molar-refractivity contribution in [3.8, 4) is 11.5 Å². The molecule has 0 heterocycles. The molecule has 0 aromatic heterocycles. The van der Waals surface area contributed by atoms with Crippen molar-refractivity contribution in [3.63, 3.8) is 0 Å². The summed E-state index contributed by atoms with van der Waals surface area (Å²) in [7, 11) is 0. The van der Waals surface area contributed by atoms with E-state index >= 15 is 0 Å². The van der Waals surface area contributed by atoms with E-state index in [0.29, 0.717) is 24.5 Å². The van der Waals surface area contributed by atoms with Gasteiger partial charge in [0.25, 0.3) is 5.91 Å². The van der Waals surface area contributed by atoms with E-state index in [9.17, 15) is 4.79 Å². The van der Waals surface area contributed by atoms with Gasteiger partial charge in [-0.2, -0.15) is 0 Å². The van der Waals surface area contributed by atoms with E-state index in [1.807, 2.05) is 70.2 Å². The maximum Gasteiger partial charge on any atom is 0.265 e. The second kappa shape index (κ2) is 8.39. The van der Waals surface area contributed by atoms with Crippen LogP contribution in [-0.4, -0.2) is 18.6 Å². The molecule has 0 fully saturated rings. The molecule has 4 nitrogen and oxygen atoms in total. The Bertz CT molecular complexity index is 697. The first kappa shape index (κ1) is 17.9. The number of hydrogen-bond donors (Lipinski definition) is 1. The van der Waals surface area contributed by atoms with E-state index in [-0.39, 0.29) is 5.91 Å². The Morgan fingerprint density at radius 2 is 1.75 bits per heavy atom. The first-order valence-electron chi connectivity index (χ1n) is 8.32. The topological polar surface area (TPSA) is 47.6 Å². The molecule has 2 rings (SSSR count). The standard InChI is InChI=1S/C20H25NO3/c1-5-17(24-18-13-9-10-14(3)15(18)4)20(22)21-16-11-7-8-12-19(16)23-6-2/h7-13,17H,5-6H2,1-4H3,(H,21,22). The lowest BCUT2D eigenvalue weighted by Crippen LogP contribution is -2.32. The fourth-order valence-corrected chi connectivity index (χ4v) is 2.39. The first-order chi connectivity index (χ1) is 11.6. The number of carbonyl (C=O) groups excluding carboxylic acids is 1. The molecule has 0 spiro atoms. The quantitative estimate of drug-likeness (QED) is 0.814. The Morgan fingerprint density at radius 3 is 2.46 bits per heavy atom. The predicted molar refractivity (Wildman–Crippen MR) is 96.9 cm³/mol. The molecular weight excluding hydrogens is 302 g/mol. The van der Waals surface area contributed by atoms with Crippen molar-refractivity contribution in [2.75, 3.05) is 11.9 Å². The molecule has 0 saturated heterocycles. The monoisotopic (exact) mass is 327 g/mol. The fourth-order valence-electron chi connectivity index (χ4n) is 2.39. The summed E-state index contributed by atoms with van der Waals surface area (Å²) in [6, 6.07) is 13.3. The highest BCUT2D eigenvalue weighted by molar-refractivity contribution is 5.95. The minimum Gasteiger partial charge on any atom is -0.492 e. The number of nitrogens with one attached hydrogen (secondary N) is 1. The Hall–Kier alpha value is -2.49. The summed E-state index contributed by atoms with van der Waals surface area (Å²) >= 11 is 0. The molecule has 1 amide bonds. The zero-order valence-electron chi connectivity index (χ0n) is 14.8. The van der Waals surface area contributed by atoms with Crippen molar-refractivity contribution in [3.05, 3.63) is 53.6 Å². The molecule has 0 saturated carbocycles. The van der Waals surface area contributed by atoms with Crippen LogP contribution in [0.15, 0.2) is 42.5 Å². The number of anilines is 1. The van der Waals surface area contributed by atoms with E-state index in [0.717, 1.165) is 16.9 Å². The van der Waals surface area contributed by atoms with Crippen LogP contribution in [0.25, 0.3) is 0 Å². The summed E-state index contributed by atoms with van der Waals surface area (Å²) in [5.41, 5.74) is 2.86. The molecule has 1 unspecified atom stereocenters. The normalized spacial score (nSPS) is 11.7. The number of rotatable bonds is 7. The van der Waals surface area contributed by atoms with E-state index in [4.69, 9.17) is 9.47 Å². The minimum atomic E-state index is -0.555. The van der Waals surface area contributed by atoms with Gasteiger partial charge in [0.15, 0.2) is 6.10 Å². The maximum atomic E-state index is 12.6. The Labute approximate surface area is 143 Å². The lowest BCUT2D eigenvalue weighted by atomic mass is 10.1. The molecule has 1 atom stereocenters. The Balaban J connectivity index is 2.13. The summed E-state index contributed by atoms with van der Waals surface area (Å²) in [4.78, 5) is 12.6. The van der Waals surface area contributed by atoms with E-state index in [1.54, 1.807) is 0 Å². The van der Waals surface area contributed by atoms with Gasteiger partial charge in [-0.1, -0.05) is 31.2 Å². The molecule has 0 aliphatic rings. The second-order valence-corrected chi connectivity index (χ2v) is 5.63. The molecule has 2 aromatic rings. The second-order valence-electron chi connectivity index (χ2n) is 5.63. The summed E-state index contributed by atoms with van der Waals surface area (Å²) in [5, 5.41) is 2.91. The van der Waals surface area contributed by atoms with Gasteiger partial charge in [-0.25, -0.2) is 0 Å². The van der Waals surface area contributed by atoms with Crippen molar-refractivity contribution >= 4 is 11.6 Å². The minimum absolute atomic E-state index is 0.175. The van der Waals surface area contributed by atoms with Crippen LogP contribution in [0.1, 0.15) is 31.4 Å². The molecule has 2 aromatic carbocycles. The number of para-hydroxylation sites is 2. The maximum absolute atomic E-state index is 12.6. The third-order valence-electron chi connectivity index (χ3n) is 3.93. The SMILES string of the molecule is CCOc1ccccc1NC(=O)C(CC)Oc1cccc(C)c1C. The molecule has 128 valence electrons. The number of amides is 1. The Morgan fingerprint density at radius 1 is 1.04 bits per heavy atom. The molecule has 0 aliphatic heterocycles. The van der Waals surface area contributed by atoms with Crippen molar-refractivity contribution in [1.29, 1.82) is 0 Å². The first-order valence-corrected chi connectivity index (χ1v) is 8.32. The molecule has 0 aliphatic carbocycles. The Kier molecular flexibility index (Phi) is 6.24. The third kappa shape index (κ3) is 4.28. The van der Waals surface area contributed by atoms with Crippen LogP contribution in [-0.2, 0) is 4.79 Å². The zero-order valence-corrected chi connectivity index (χ0v) is 14.8. The van der Waals surface area contributed by atoms with Gasteiger partial charge in [-0.15, -0.1) is 0 Å². The highest BCUT2D eigenvalue weighted by Gasteiger charge is 2.20. The summed E-state index contributed by atoms with van der Waals surface area (Å²) in [6.45, 7) is 8.42. The van der Waals surface area contributed by atoms with Gasteiger partial charge in [0.05, 0.1) is 12.3 Å². The molecule has 0 radical (unpaired) electrons. The van der Waals surface area contributed by atoms with Crippen LogP contribution in [0.4, 0.5) is 5.69 Å². The predicted octanol–water partition coefficient (Wildman–Crippen LogP) is 4.50. The van der Waals surface area contributed by atoms with Gasteiger partial charge in [0.1, 0.15) is 11.5 Å². The van der Waals surface area contributed by atoms with E-state index < -0.39 is 6.10 Å². The largest absolute Gasteiger partial charge is 0.492 e. The highest BCUT2D eigenvalue weighted by atomic mass is 16.5. The number of carbonyl (C=O) groups is 1.